The molecular weight excluding hydrogens is 224 g/mol. The zero-order valence-electron chi connectivity index (χ0n) is 10.6. The summed E-state index contributed by atoms with van der Waals surface area (Å²) in [5.41, 5.74) is 1.41. The summed E-state index contributed by atoms with van der Waals surface area (Å²) in [6.45, 7) is 7.03. The molecule has 1 aromatic rings. The molecule has 0 radical (unpaired) electrons. The van der Waals surface area contributed by atoms with Crippen molar-refractivity contribution in [2.24, 2.45) is 11.8 Å². The van der Waals surface area contributed by atoms with Gasteiger partial charge in [0.05, 0.1) is 6.61 Å². The number of para-hydroxylation sites is 1. The number of benzene rings is 1. The van der Waals surface area contributed by atoms with E-state index in [0.29, 0.717) is 5.92 Å². The van der Waals surface area contributed by atoms with Crippen molar-refractivity contribution in [2.45, 2.75) is 5.92 Å². The first-order valence-electron chi connectivity index (χ1n) is 7.05. The van der Waals surface area contributed by atoms with Crippen LogP contribution in [-0.4, -0.2) is 44.2 Å². The summed E-state index contributed by atoms with van der Waals surface area (Å²) >= 11 is 0. The van der Waals surface area contributed by atoms with Crippen molar-refractivity contribution < 1.29 is 4.74 Å². The van der Waals surface area contributed by atoms with Gasteiger partial charge in [-0.15, -0.1) is 0 Å². The largest absolute Gasteiger partial charge is 0.493 e. The Balaban J connectivity index is 1.45. The summed E-state index contributed by atoms with van der Waals surface area (Å²) in [5, 5.41) is 3.50. The Hall–Kier alpha value is -1.06. The molecule has 4 rings (SSSR count). The minimum atomic E-state index is 0.577. The highest BCUT2D eigenvalue weighted by atomic mass is 16.5. The molecule has 96 valence electrons. The maximum atomic E-state index is 5.78. The number of rotatable bonds is 2. The lowest BCUT2D eigenvalue weighted by molar-refractivity contribution is 0.256. The third kappa shape index (κ3) is 1.73. The van der Waals surface area contributed by atoms with Crippen LogP contribution < -0.4 is 10.1 Å². The predicted octanol–water partition coefficient (Wildman–Crippen LogP) is 1.31. The van der Waals surface area contributed by atoms with Crippen LogP contribution in [0.1, 0.15) is 11.5 Å². The molecule has 3 unspecified atom stereocenters. The lowest BCUT2D eigenvalue weighted by Crippen LogP contribution is -2.30. The molecule has 2 fully saturated rings. The number of hydrogen-bond acceptors (Lipinski definition) is 3. The second-order valence-corrected chi connectivity index (χ2v) is 5.94. The molecule has 3 atom stereocenters. The van der Waals surface area contributed by atoms with Gasteiger partial charge in [-0.25, -0.2) is 0 Å². The fraction of sp³-hybridized carbons (Fsp3) is 0.600. The van der Waals surface area contributed by atoms with Gasteiger partial charge in [-0.05, 0) is 31.0 Å². The van der Waals surface area contributed by atoms with Gasteiger partial charge in [0.15, 0.2) is 0 Å². The first kappa shape index (κ1) is 10.8. The Morgan fingerprint density at radius 1 is 1.17 bits per heavy atom. The zero-order chi connectivity index (χ0) is 11.9. The van der Waals surface area contributed by atoms with Crippen molar-refractivity contribution in [1.82, 2.24) is 10.2 Å². The van der Waals surface area contributed by atoms with Gasteiger partial charge in [-0.1, -0.05) is 18.2 Å². The highest BCUT2D eigenvalue weighted by molar-refractivity contribution is 5.39. The molecule has 1 aromatic carbocycles. The van der Waals surface area contributed by atoms with Crippen LogP contribution in [0.25, 0.3) is 0 Å². The van der Waals surface area contributed by atoms with Crippen LogP contribution in [0.2, 0.25) is 0 Å². The summed E-state index contributed by atoms with van der Waals surface area (Å²) < 4.78 is 5.78. The Morgan fingerprint density at radius 2 is 1.94 bits per heavy atom. The molecule has 2 saturated heterocycles. The van der Waals surface area contributed by atoms with E-state index < -0.39 is 0 Å². The Bertz CT molecular complexity index is 436. The van der Waals surface area contributed by atoms with Gasteiger partial charge < -0.3 is 15.0 Å². The third-order valence-electron chi connectivity index (χ3n) is 4.74. The molecule has 3 heteroatoms. The van der Waals surface area contributed by atoms with Gasteiger partial charge >= 0.3 is 0 Å². The maximum absolute atomic E-state index is 5.78. The third-order valence-corrected chi connectivity index (χ3v) is 4.74. The van der Waals surface area contributed by atoms with Crippen LogP contribution in [0.15, 0.2) is 24.3 Å². The molecule has 18 heavy (non-hydrogen) atoms. The van der Waals surface area contributed by atoms with Gasteiger partial charge in [0, 0.05) is 31.1 Å². The minimum Gasteiger partial charge on any atom is -0.493 e. The normalized spacial score (nSPS) is 34.3. The molecule has 0 saturated carbocycles. The van der Waals surface area contributed by atoms with Gasteiger partial charge in [0.25, 0.3) is 0 Å². The molecule has 0 amide bonds. The number of fused-ring (bicyclic) bond motifs is 2. The Kier molecular flexibility index (Phi) is 2.55. The number of hydrogen-bond donors (Lipinski definition) is 1. The van der Waals surface area contributed by atoms with Gasteiger partial charge in [-0.3, -0.25) is 0 Å². The van der Waals surface area contributed by atoms with Crippen LogP contribution >= 0.6 is 0 Å². The van der Waals surface area contributed by atoms with Gasteiger partial charge in [-0.2, -0.15) is 0 Å². The molecule has 0 aliphatic carbocycles. The van der Waals surface area contributed by atoms with E-state index in [1.807, 2.05) is 0 Å². The number of nitrogens with zero attached hydrogens (tertiary/aromatic N) is 1. The fourth-order valence-corrected chi connectivity index (χ4v) is 3.79. The lowest BCUT2D eigenvalue weighted by atomic mass is 10.0. The lowest BCUT2D eigenvalue weighted by Gasteiger charge is -2.20. The second kappa shape index (κ2) is 4.25. The smallest absolute Gasteiger partial charge is 0.122 e. The van der Waals surface area contributed by atoms with Crippen molar-refractivity contribution in [2.75, 3.05) is 39.3 Å². The van der Waals surface area contributed by atoms with Crippen LogP contribution in [0.4, 0.5) is 0 Å². The molecule has 1 N–H and O–H groups in total. The molecule has 3 heterocycles. The molecule has 0 aromatic heterocycles. The molecular formula is C15H20N2O. The first-order valence-corrected chi connectivity index (χ1v) is 7.05. The molecule has 0 bridgehead atoms. The summed E-state index contributed by atoms with van der Waals surface area (Å²) in [5.74, 6) is 3.46. The van der Waals surface area contributed by atoms with E-state index in [1.54, 1.807) is 0 Å². The minimum absolute atomic E-state index is 0.577. The quantitative estimate of drug-likeness (QED) is 0.849. The van der Waals surface area contributed by atoms with Crippen LogP contribution in [0.5, 0.6) is 5.75 Å². The Labute approximate surface area is 108 Å². The van der Waals surface area contributed by atoms with Crippen molar-refractivity contribution in [3.05, 3.63) is 29.8 Å². The molecule has 3 nitrogen and oxygen atoms in total. The standard InChI is InChI=1S/C15H20N2O/c1-2-4-15-14(3-1)13(10-18-15)9-17-7-11-5-16-6-12(11)8-17/h1-4,11-13,16H,5-10H2. The van der Waals surface area contributed by atoms with E-state index in [4.69, 9.17) is 4.74 Å². The maximum Gasteiger partial charge on any atom is 0.122 e. The van der Waals surface area contributed by atoms with Gasteiger partial charge in [0.1, 0.15) is 5.75 Å². The van der Waals surface area contributed by atoms with Crippen LogP contribution in [0.3, 0.4) is 0 Å². The molecule has 0 spiro atoms. The fourth-order valence-electron chi connectivity index (χ4n) is 3.79. The average Bonchev–Trinajstić information content (AvgIpc) is 3.04. The van der Waals surface area contributed by atoms with E-state index in [9.17, 15) is 0 Å². The highest BCUT2D eigenvalue weighted by Crippen LogP contribution is 2.35. The highest BCUT2D eigenvalue weighted by Gasteiger charge is 2.37. The zero-order valence-corrected chi connectivity index (χ0v) is 10.6. The second-order valence-electron chi connectivity index (χ2n) is 5.94. The Morgan fingerprint density at radius 3 is 2.78 bits per heavy atom. The predicted molar refractivity (Wildman–Crippen MR) is 71.0 cm³/mol. The van der Waals surface area contributed by atoms with E-state index in [-0.39, 0.29) is 0 Å². The van der Waals surface area contributed by atoms with Crippen molar-refractivity contribution in [3.63, 3.8) is 0 Å². The molecule has 3 aliphatic rings. The van der Waals surface area contributed by atoms with E-state index >= 15 is 0 Å². The monoisotopic (exact) mass is 244 g/mol. The summed E-state index contributed by atoms with van der Waals surface area (Å²) in [6.07, 6.45) is 0. The summed E-state index contributed by atoms with van der Waals surface area (Å²) in [4.78, 5) is 2.65. The number of ether oxygens (including phenoxy) is 1. The topological polar surface area (TPSA) is 24.5 Å². The summed E-state index contributed by atoms with van der Waals surface area (Å²) in [6, 6.07) is 8.51. The van der Waals surface area contributed by atoms with Gasteiger partial charge in [0.2, 0.25) is 0 Å². The van der Waals surface area contributed by atoms with Crippen molar-refractivity contribution in [3.8, 4) is 5.75 Å². The average molecular weight is 244 g/mol. The SMILES string of the molecule is c1ccc2c(c1)OCC2CN1CC2CNCC2C1. The summed E-state index contributed by atoms with van der Waals surface area (Å²) in [7, 11) is 0. The van der Waals surface area contributed by atoms with E-state index in [2.05, 4.69) is 34.5 Å². The van der Waals surface area contributed by atoms with E-state index in [1.165, 1.54) is 38.3 Å². The van der Waals surface area contributed by atoms with Crippen molar-refractivity contribution in [1.29, 1.82) is 0 Å². The number of nitrogens with one attached hydrogen (secondary N) is 1. The van der Waals surface area contributed by atoms with Crippen LogP contribution in [-0.2, 0) is 0 Å². The van der Waals surface area contributed by atoms with Crippen molar-refractivity contribution >= 4 is 0 Å². The first-order chi connectivity index (χ1) is 8.90. The van der Waals surface area contributed by atoms with Crippen LogP contribution in [0, 0.1) is 11.8 Å². The molecule has 3 aliphatic heterocycles. The van der Waals surface area contributed by atoms with E-state index in [0.717, 1.165) is 24.2 Å². The number of likely N-dealkylation sites (tertiary alicyclic amines) is 1.